The predicted molar refractivity (Wildman–Crippen MR) is 93.4 cm³/mol. The molecule has 2 amide bonds. The molecule has 3 atom stereocenters. The third-order valence-electron chi connectivity index (χ3n) is 4.02. The van der Waals surface area contributed by atoms with E-state index in [9.17, 15) is 4.79 Å². The number of amides is 2. The van der Waals surface area contributed by atoms with Crippen molar-refractivity contribution in [2.45, 2.75) is 59.3 Å². The van der Waals surface area contributed by atoms with Crippen LogP contribution in [0.3, 0.4) is 0 Å². The van der Waals surface area contributed by atoms with E-state index in [1.54, 1.807) is 0 Å². The zero-order valence-corrected chi connectivity index (χ0v) is 15.0. The highest BCUT2D eigenvalue weighted by atomic mass is 16.5. The van der Waals surface area contributed by atoms with Gasteiger partial charge < -0.3 is 15.0 Å². The van der Waals surface area contributed by atoms with Gasteiger partial charge in [-0.1, -0.05) is 51.1 Å². The van der Waals surface area contributed by atoms with Crippen LogP contribution in [0.2, 0.25) is 0 Å². The fourth-order valence-corrected chi connectivity index (χ4v) is 3.13. The molecule has 0 bridgehead atoms. The van der Waals surface area contributed by atoms with Crippen LogP contribution in [0, 0.1) is 5.41 Å². The van der Waals surface area contributed by atoms with E-state index < -0.39 is 0 Å². The lowest BCUT2D eigenvalue weighted by molar-refractivity contribution is -0.0548. The van der Waals surface area contributed by atoms with Crippen LogP contribution < -0.4 is 5.32 Å². The van der Waals surface area contributed by atoms with Crippen molar-refractivity contribution in [3.05, 3.63) is 35.9 Å². The summed E-state index contributed by atoms with van der Waals surface area (Å²) in [6, 6.07) is 10.3. The second-order valence-corrected chi connectivity index (χ2v) is 7.84. The predicted octanol–water partition coefficient (Wildman–Crippen LogP) is 3.98. The lowest BCUT2D eigenvalue weighted by Gasteiger charge is -2.37. The van der Waals surface area contributed by atoms with Gasteiger partial charge in [-0.3, -0.25) is 0 Å². The van der Waals surface area contributed by atoms with Crippen molar-refractivity contribution in [1.82, 2.24) is 10.2 Å². The van der Waals surface area contributed by atoms with Crippen LogP contribution in [0.1, 0.15) is 52.6 Å². The Kier molecular flexibility index (Phi) is 5.69. The number of rotatable bonds is 3. The maximum atomic E-state index is 12.7. The minimum atomic E-state index is 0.00473. The van der Waals surface area contributed by atoms with Crippen molar-refractivity contribution in [3.8, 4) is 0 Å². The van der Waals surface area contributed by atoms with E-state index in [1.807, 2.05) is 36.9 Å². The molecule has 0 aromatic heterocycles. The molecule has 23 heavy (non-hydrogen) atoms. The van der Waals surface area contributed by atoms with E-state index in [4.69, 9.17) is 4.74 Å². The molecule has 0 spiro atoms. The molecule has 1 saturated heterocycles. The van der Waals surface area contributed by atoms with Crippen LogP contribution >= 0.6 is 0 Å². The number of carbonyl (C=O) groups excluding carboxylic acids is 1. The lowest BCUT2D eigenvalue weighted by atomic mass is 9.85. The second kappa shape index (κ2) is 7.35. The van der Waals surface area contributed by atoms with Gasteiger partial charge in [0.15, 0.2) is 0 Å². The van der Waals surface area contributed by atoms with E-state index in [2.05, 4.69) is 38.2 Å². The fraction of sp³-hybridized carbons (Fsp3) is 0.632. The highest BCUT2D eigenvalue weighted by Gasteiger charge is 2.28. The molecule has 1 fully saturated rings. The third kappa shape index (κ3) is 5.54. The topological polar surface area (TPSA) is 41.6 Å². The number of hydrogen-bond acceptors (Lipinski definition) is 2. The third-order valence-corrected chi connectivity index (χ3v) is 4.02. The molecule has 0 aliphatic carbocycles. The number of nitrogens with zero attached hydrogens (tertiary/aromatic N) is 1. The Balaban J connectivity index is 2.09. The monoisotopic (exact) mass is 318 g/mol. The molecule has 128 valence electrons. The number of benzene rings is 1. The molecular formula is C19H30N2O2. The van der Waals surface area contributed by atoms with E-state index in [0.29, 0.717) is 13.1 Å². The van der Waals surface area contributed by atoms with Gasteiger partial charge in [0.1, 0.15) is 0 Å². The summed E-state index contributed by atoms with van der Waals surface area (Å²) in [5.74, 6) is 0. The molecular weight excluding hydrogens is 288 g/mol. The lowest BCUT2D eigenvalue weighted by Crippen LogP contribution is -2.52. The fourth-order valence-electron chi connectivity index (χ4n) is 3.13. The van der Waals surface area contributed by atoms with E-state index in [-0.39, 0.29) is 29.7 Å². The van der Waals surface area contributed by atoms with Crippen LogP contribution in [0.4, 0.5) is 4.79 Å². The van der Waals surface area contributed by atoms with Crippen molar-refractivity contribution in [2.75, 3.05) is 13.1 Å². The Hall–Kier alpha value is -1.55. The zero-order chi connectivity index (χ0) is 17.0. The van der Waals surface area contributed by atoms with Crippen molar-refractivity contribution >= 4 is 6.03 Å². The maximum Gasteiger partial charge on any atom is 0.318 e. The van der Waals surface area contributed by atoms with Crippen LogP contribution in [-0.4, -0.2) is 36.2 Å². The molecule has 1 aromatic rings. The first-order valence-electron chi connectivity index (χ1n) is 8.50. The van der Waals surface area contributed by atoms with Gasteiger partial charge in [-0.05, 0) is 31.2 Å². The molecule has 2 rings (SSSR count). The van der Waals surface area contributed by atoms with Gasteiger partial charge in [0.2, 0.25) is 0 Å². The summed E-state index contributed by atoms with van der Waals surface area (Å²) in [6.07, 6.45) is 1.07. The van der Waals surface area contributed by atoms with Gasteiger partial charge >= 0.3 is 6.03 Å². The zero-order valence-electron chi connectivity index (χ0n) is 15.0. The Morgan fingerprint density at radius 2 is 1.78 bits per heavy atom. The molecule has 0 radical (unpaired) electrons. The molecule has 1 heterocycles. The maximum absolute atomic E-state index is 12.7. The molecule has 1 aliphatic heterocycles. The quantitative estimate of drug-likeness (QED) is 0.916. The molecule has 1 aromatic carbocycles. The van der Waals surface area contributed by atoms with Gasteiger partial charge in [-0.2, -0.15) is 0 Å². The summed E-state index contributed by atoms with van der Waals surface area (Å²) < 4.78 is 5.72. The molecule has 1 N–H and O–H groups in total. The average molecular weight is 318 g/mol. The summed E-state index contributed by atoms with van der Waals surface area (Å²) in [7, 11) is 0. The summed E-state index contributed by atoms with van der Waals surface area (Å²) in [6.45, 7) is 11.9. The smallest absolute Gasteiger partial charge is 0.318 e. The number of carbonyl (C=O) groups is 1. The Morgan fingerprint density at radius 1 is 1.22 bits per heavy atom. The second-order valence-electron chi connectivity index (χ2n) is 7.84. The molecule has 4 heteroatoms. The van der Waals surface area contributed by atoms with E-state index in [1.165, 1.54) is 0 Å². The Morgan fingerprint density at radius 3 is 2.30 bits per heavy atom. The number of morpholine rings is 1. The SMILES string of the molecule is CC1CN(C(=O)NC(CC(C)(C)C)c2ccccc2)CC(C)O1. The number of hydrogen-bond donors (Lipinski definition) is 1. The molecule has 3 unspecified atom stereocenters. The Bertz CT molecular complexity index is 500. The summed E-state index contributed by atoms with van der Waals surface area (Å²) in [5.41, 5.74) is 1.30. The van der Waals surface area contributed by atoms with Gasteiger partial charge in [-0.25, -0.2) is 4.79 Å². The largest absolute Gasteiger partial charge is 0.372 e. The van der Waals surface area contributed by atoms with Crippen molar-refractivity contribution in [3.63, 3.8) is 0 Å². The minimum absolute atomic E-state index is 0.00473. The number of nitrogens with one attached hydrogen (secondary N) is 1. The van der Waals surface area contributed by atoms with Crippen molar-refractivity contribution in [1.29, 1.82) is 0 Å². The average Bonchev–Trinajstić information content (AvgIpc) is 2.45. The highest BCUT2D eigenvalue weighted by Crippen LogP contribution is 2.29. The van der Waals surface area contributed by atoms with Crippen LogP contribution in [0.15, 0.2) is 30.3 Å². The van der Waals surface area contributed by atoms with Crippen LogP contribution in [-0.2, 0) is 4.74 Å². The number of urea groups is 1. The first-order valence-corrected chi connectivity index (χ1v) is 8.50. The summed E-state index contributed by atoms with van der Waals surface area (Å²) >= 11 is 0. The van der Waals surface area contributed by atoms with Gasteiger partial charge in [0, 0.05) is 13.1 Å². The normalized spacial score (nSPS) is 23.4. The van der Waals surface area contributed by atoms with Gasteiger partial charge in [-0.15, -0.1) is 0 Å². The minimum Gasteiger partial charge on any atom is -0.372 e. The van der Waals surface area contributed by atoms with E-state index >= 15 is 0 Å². The molecule has 4 nitrogen and oxygen atoms in total. The molecule has 1 aliphatic rings. The van der Waals surface area contributed by atoms with Crippen molar-refractivity contribution < 1.29 is 9.53 Å². The van der Waals surface area contributed by atoms with Gasteiger partial charge in [0.05, 0.1) is 18.2 Å². The van der Waals surface area contributed by atoms with Crippen molar-refractivity contribution in [2.24, 2.45) is 5.41 Å². The Labute approximate surface area is 140 Å². The van der Waals surface area contributed by atoms with Gasteiger partial charge in [0.25, 0.3) is 0 Å². The van der Waals surface area contributed by atoms with E-state index in [0.717, 1.165) is 12.0 Å². The first-order chi connectivity index (χ1) is 10.7. The first kappa shape index (κ1) is 17.8. The highest BCUT2D eigenvalue weighted by molar-refractivity contribution is 5.75. The molecule has 0 saturated carbocycles. The number of ether oxygens (including phenoxy) is 1. The summed E-state index contributed by atoms with van der Waals surface area (Å²) in [4.78, 5) is 14.6. The summed E-state index contributed by atoms with van der Waals surface area (Å²) in [5, 5.41) is 3.23. The van der Waals surface area contributed by atoms with Crippen LogP contribution in [0.25, 0.3) is 0 Å². The standard InChI is InChI=1S/C19H30N2O2/c1-14-12-21(13-15(2)23-14)18(22)20-17(11-19(3,4)5)16-9-7-6-8-10-16/h6-10,14-15,17H,11-13H2,1-5H3,(H,20,22). The van der Waals surface area contributed by atoms with Crippen LogP contribution in [0.5, 0.6) is 0 Å².